The lowest BCUT2D eigenvalue weighted by Crippen LogP contribution is -2.31. The van der Waals surface area contributed by atoms with E-state index in [1.54, 1.807) is 29.7 Å². The van der Waals surface area contributed by atoms with Gasteiger partial charge >= 0.3 is 0 Å². The largest absolute Gasteiger partial charge is 0.761 e. The Kier molecular flexibility index (Phi) is 2.57. The number of hydrogen-bond donors (Lipinski definition) is 3. The van der Waals surface area contributed by atoms with Crippen LogP contribution in [0.2, 0.25) is 0 Å². The second kappa shape index (κ2) is 3.77. The Morgan fingerprint density at radius 3 is 2.94 bits per heavy atom. The summed E-state index contributed by atoms with van der Waals surface area (Å²) in [4.78, 5) is 11.5. The molecule has 1 amide bonds. The van der Waals surface area contributed by atoms with Crippen LogP contribution in [0, 0.1) is 11.1 Å². The fourth-order valence-corrected chi connectivity index (χ4v) is 2.21. The van der Waals surface area contributed by atoms with Crippen LogP contribution >= 0.6 is 0 Å². The third-order valence-electron chi connectivity index (χ3n) is 3.26. The predicted octanol–water partition coefficient (Wildman–Crippen LogP) is 0.332. The fourth-order valence-electron chi connectivity index (χ4n) is 2.21. The van der Waals surface area contributed by atoms with Crippen LogP contribution in [0.15, 0.2) is 24.3 Å². The number of aliphatic hydroxyl groups is 1. The molecule has 1 aromatic rings. The molecular weight excluding hydrogens is 208 g/mol. The Morgan fingerprint density at radius 1 is 1.69 bits per heavy atom. The first-order valence-electron chi connectivity index (χ1n) is 5.04. The minimum Gasteiger partial charge on any atom is -0.761 e. The van der Waals surface area contributed by atoms with Crippen LogP contribution < -0.4 is 11.2 Å². The molecule has 0 aliphatic heterocycles. The first-order chi connectivity index (χ1) is 7.65. The quantitative estimate of drug-likeness (QED) is 0.638. The number of carbonyl (C=O) groups is 1. The van der Waals surface area contributed by atoms with Crippen molar-refractivity contribution >= 4 is 11.6 Å². The molecule has 4 N–H and O–H groups in total. The van der Waals surface area contributed by atoms with Gasteiger partial charge in [-0.25, -0.2) is 0 Å². The monoisotopic (exact) mass is 221 g/mol. The summed E-state index contributed by atoms with van der Waals surface area (Å²) < 4.78 is 0. The van der Waals surface area contributed by atoms with Gasteiger partial charge in [-0.1, -0.05) is 12.1 Å². The van der Waals surface area contributed by atoms with Gasteiger partial charge in [0.2, 0.25) is 5.91 Å². The zero-order valence-corrected chi connectivity index (χ0v) is 8.64. The second-order valence-corrected chi connectivity index (χ2v) is 4.10. The van der Waals surface area contributed by atoms with E-state index in [0.29, 0.717) is 17.7 Å². The molecule has 5 heteroatoms. The lowest BCUT2D eigenvalue weighted by Gasteiger charge is -2.16. The average Bonchev–Trinajstić information content (AvgIpc) is 3.05. The number of anilines is 1. The molecular formula is C11H13N2O3-. The molecule has 0 radical (unpaired) electrons. The fraction of sp³-hybridized carbons (Fsp3) is 0.364. The molecule has 1 aromatic carbocycles. The molecule has 1 saturated carbocycles. The predicted molar refractivity (Wildman–Crippen MR) is 59.5 cm³/mol. The number of hydrogen-bond acceptors (Lipinski definition) is 4. The molecule has 0 heterocycles. The van der Waals surface area contributed by atoms with Gasteiger partial charge in [0.1, 0.15) is 0 Å². The maximum Gasteiger partial charge on any atom is 0.228 e. The molecule has 0 saturated heterocycles. The minimum absolute atomic E-state index is 0.0715. The number of nitrogens with two attached hydrogens (primary N) is 1. The third-order valence-corrected chi connectivity index (χ3v) is 3.26. The molecule has 1 fully saturated rings. The van der Waals surface area contributed by atoms with Crippen LogP contribution in [-0.4, -0.2) is 17.6 Å². The molecule has 2 rings (SSSR count). The highest BCUT2D eigenvalue weighted by Gasteiger charge is 2.59. The summed E-state index contributed by atoms with van der Waals surface area (Å²) in [7, 11) is 0. The van der Waals surface area contributed by atoms with Gasteiger partial charge in [-0.3, -0.25) is 4.79 Å². The Bertz CT molecular complexity index is 421. The van der Waals surface area contributed by atoms with Gasteiger partial charge < -0.3 is 21.5 Å². The Hall–Kier alpha value is -1.59. The van der Waals surface area contributed by atoms with Crippen molar-refractivity contribution < 1.29 is 9.90 Å². The van der Waals surface area contributed by atoms with Crippen molar-refractivity contribution in [2.45, 2.75) is 11.8 Å². The van der Waals surface area contributed by atoms with Crippen molar-refractivity contribution in [1.82, 2.24) is 0 Å². The van der Waals surface area contributed by atoms with Crippen molar-refractivity contribution in [3.63, 3.8) is 0 Å². The molecule has 16 heavy (non-hydrogen) atoms. The highest BCUT2D eigenvalue weighted by Crippen LogP contribution is 2.54. The normalized spacial score (nSPS) is 27.5. The maximum atomic E-state index is 11.5. The highest BCUT2D eigenvalue weighted by atomic mass is 16.5. The summed E-state index contributed by atoms with van der Waals surface area (Å²) in [6, 6.07) is 6.66. The summed E-state index contributed by atoms with van der Waals surface area (Å²) in [6.45, 7) is -0.0715. The topological polar surface area (TPSA) is 98.4 Å². The molecule has 2 atom stereocenters. The van der Waals surface area contributed by atoms with E-state index in [4.69, 9.17) is 10.8 Å². The number of nitrogens with one attached hydrogen (secondary N) is 1. The van der Waals surface area contributed by atoms with Gasteiger partial charge in [0.25, 0.3) is 0 Å². The molecule has 5 nitrogen and oxygen atoms in total. The maximum absolute atomic E-state index is 11.5. The number of rotatable bonds is 4. The van der Waals surface area contributed by atoms with Crippen LogP contribution in [-0.2, 0) is 10.2 Å². The molecule has 0 bridgehead atoms. The standard InChI is InChI=1S/C11H13N2O3/c12-10(15)11(5-8(11)6-14)7-2-1-3-9(4-7)13-16/h1-4,8,13-14H,5-6H2,(H2,12,15)/q-1/t8-,11+/m0/s1. The average molecular weight is 221 g/mol. The van der Waals surface area contributed by atoms with Crippen molar-refractivity contribution in [2.75, 3.05) is 12.1 Å². The first kappa shape index (κ1) is 10.9. The second-order valence-electron chi connectivity index (χ2n) is 4.10. The number of aliphatic hydroxyl groups excluding tert-OH is 1. The van der Waals surface area contributed by atoms with Gasteiger partial charge in [-0.15, -0.1) is 0 Å². The molecule has 1 aliphatic rings. The third kappa shape index (κ3) is 1.45. The molecule has 1 aliphatic carbocycles. The van der Waals surface area contributed by atoms with E-state index in [2.05, 4.69) is 0 Å². The Balaban J connectivity index is 2.38. The zero-order chi connectivity index (χ0) is 11.8. The van der Waals surface area contributed by atoms with E-state index in [1.165, 1.54) is 0 Å². The SMILES string of the molecule is NC(=O)[C@@]1(c2cccc(N[O-])c2)C[C@H]1CO. The van der Waals surface area contributed by atoms with E-state index in [0.717, 1.165) is 0 Å². The number of amides is 1. The van der Waals surface area contributed by atoms with E-state index in [1.807, 2.05) is 0 Å². The number of carbonyl (C=O) groups excluding carboxylic acids is 1. The summed E-state index contributed by atoms with van der Waals surface area (Å²) in [5, 5.41) is 19.6. The molecule has 86 valence electrons. The van der Waals surface area contributed by atoms with Crippen molar-refractivity contribution in [1.29, 1.82) is 0 Å². The van der Waals surface area contributed by atoms with Gasteiger partial charge in [-0.05, 0) is 24.1 Å². The van der Waals surface area contributed by atoms with E-state index in [-0.39, 0.29) is 12.5 Å². The van der Waals surface area contributed by atoms with Crippen LogP contribution in [0.25, 0.3) is 0 Å². The Morgan fingerprint density at radius 2 is 2.44 bits per heavy atom. The van der Waals surface area contributed by atoms with Gasteiger partial charge in [0.05, 0.1) is 5.41 Å². The minimum atomic E-state index is -0.790. The summed E-state index contributed by atoms with van der Waals surface area (Å²) in [5.74, 6) is -0.582. The smallest absolute Gasteiger partial charge is 0.228 e. The van der Waals surface area contributed by atoms with Crippen LogP contribution in [0.5, 0.6) is 0 Å². The number of benzene rings is 1. The lowest BCUT2D eigenvalue weighted by molar-refractivity contribution is -0.120. The lowest BCUT2D eigenvalue weighted by atomic mass is 9.92. The Labute approximate surface area is 92.8 Å². The summed E-state index contributed by atoms with van der Waals surface area (Å²) in [5.41, 5.74) is 7.44. The first-order valence-corrected chi connectivity index (χ1v) is 5.04. The van der Waals surface area contributed by atoms with Gasteiger partial charge in [0, 0.05) is 18.2 Å². The van der Waals surface area contributed by atoms with E-state index < -0.39 is 11.3 Å². The van der Waals surface area contributed by atoms with Crippen LogP contribution in [0.4, 0.5) is 5.69 Å². The summed E-state index contributed by atoms with van der Waals surface area (Å²) in [6.07, 6.45) is 0.543. The van der Waals surface area contributed by atoms with Crippen LogP contribution in [0.3, 0.4) is 0 Å². The molecule has 0 unspecified atom stereocenters. The summed E-state index contributed by atoms with van der Waals surface area (Å²) >= 11 is 0. The molecule has 0 spiro atoms. The van der Waals surface area contributed by atoms with Crippen molar-refractivity contribution in [3.8, 4) is 0 Å². The molecule has 0 aromatic heterocycles. The number of primary amides is 1. The highest BCUT2D eigenvalue weighted by molar-refractivity contribution is 5.91. The van der Waals surface area contributed by atoms with Crippen LogP contribution in [0.1, 0.15) is 12.0 Å². The van der Waals surface area contributed by atoms with Crippen molar-refractivity contribution in [3.05, 3.63) is 35.0 Å². The van der Waals surface area contributed by atoms with E-state index in [9.17, 15) is 10.0 Å². The van der Waals surface area contributed by atoms with Gasteiger partial charge in [-0.2, -0.15) is 0 Å². The zero-order valence-electron chi connectivity index (χ0n) is 8.64. The van der Waals surface area contributed by atoms with Crippen molar-refractivity contribution in [2.24, 2.45) is 11.7 Å². The van der Waals surface area contributed by atoms with E-state index >= 15 is 0 Å². The van der Waals surface area contributed by atoms with Gasteiger partial charge in [0.15, 0.2) is 0 Å².